The molecule has 0 heterocycles. The lowest BCUT2D eigenvalue weighted by Crippen LogP contribution is -2.32. The van der Waals surface area contributed by atoms with E-state index < -0.39 is 53.6 Å². The van der Waals surface area contributed by atoms with Gasteiger partial charge in [0.2, 0.25) is 0 Å². The summed E-state index contributed by atoms with van der Waals surface area (Å²) in [4.78, 5) is 10.7. The van der Waals surface area contributed by atoms with Gasteiger partial charge in [-0.05, 0) is 24.0 Å². The molecule has 14 heavy (non-hydrogen) atoms. The first-order valence-corrected chi connectivity index (χ1v) is 3.54. The van der Waals surface area contributed by atoms with E-state index in [9.17, 15) is 15.0 Å². The molecule has 1 aromatic rings. The maximum atomic E-state index is 10.7. The zero-order valence-corrected chi connectivity index (χ0v) is 6.90. The Hall–Kier alpha value is -1.75. The summed E-state index contributed by atoms with van der Waals surface area (Å²) in [5, 5.41) is 27.3. The van der Waals surface area contributed by atoms with Gasteiger partial charge in [-0.1, -0.05) is 6.04 Å². The van der Waals surface area contributed by atoms with Crippen molar-refractivity contribution >= 4 is 5.97 Å². The predicted octanol–water partition coefficient (Wildman–Crippen LogP) is 0.0522. The fourth-order valence-corrected chi connectivity index (χ4v) is 0.679. The van der Waals surface area contributed by atoms with E-state index in [0.29, 0.717) is 0 Å². The van der Waals surface area contributed by atoms with E-state index in [2.05, 4.69) is 0 Å². The summed E-state index contributed by atoms with van der Waals surface area (Å²) in [5.74, 6) is -3.85. The van der Waals surface area contributed by atoms with Crippen LogP contribution < -0.4 is 5.73 Å². The van der Waals surface area contributed by atoms with Gasteiger partial charge in [-0.3, -0.25) is 4.79 Å². The molecule has 5 N–H and O–H groups in total. The number of hydrogen-bond acceptors (Lipinski definition) is 4. The van der Waals surface area contributed by atoms with Gasteiger partial charge in [-0.25, -0.2) is 0 Å². The van der Waals surface area contributed by atoms with E-state index in [1.54, 1.807) is 0 Å². The Kier molecular flexibility index (Phi) is 1.48. The Labute approximate surface area is 87.4 Å². The van der Waals surface area contributed by atoms with Gasteiger partial charge < -0.3 is 21.1 Å². The highest BCUT2D eigenvalue weighted by Crippen LogP contribution is 2.25. The van der Waals surface area contributed by atoms with E-state index in [1.165, 1.54) is 0 Å². The van der Waals surface area contributed by atoms with E-state index in [4.69, 9.17) is 17.7 Å². The Morgan fingerprint density at radius 2 is 2.21 bits per heavy atom. The third-order valence-corrected chi connectivity index (χ3v) is 1.34. The molecule has 0 spiro atoms. The molecule has 0 radical (unpaired) electrons. The van der Waals surface area contributed by atoms with Crippen molar-refractivity contribution in [2.24, 2.45) is 5.73 Å². The molecule has 0 aromatic heterocycles. The van der Waals surface area contributed by atoms with E-state index in [0.717, 1.165) is 0 Å². The van der Waals surface area contributed by atoms with E-state index >= 15 is 0 Å². The standard InChI is InChI=1S/C9H11NO4/c10-6(9(13)14)3-5-1-2-7(11)8(12)4-5/h1-2,4,6,11-12H,3,10H2,(H,13,14)/i1D,2D,3D2,4D. The molecule has 1 unspecified atom stereocenters. The molecule has 5 nitrogen and oxygen atoms in total. The number of nitrogens with two attached hydrogens (primary N) is 1. The van der Waals surface area contributed by atoms with Crippen molar-refractivity contribution < 1.29 is 27.0 Å². The fraction of sp³-hybridized carbons (Fsp3) is 0.222. The minimum absolute atomic E-state index is 0.859. The summed E-state index contributed by atoms with van der Waals surface area (Å²) in [7, 11) is 0. The average Bonchev–Trinajstić information content (AvgIpc) is 2.32. The molecule has 0 fully saturated rings. The first-order chi connectivity index (χ1) is 8.53. The van der Waals surface area contributed by atoms with Gasteiger partial charge in [0.25, 0.3) is 0 Å². The maximum absolute atomic E-state index is 10.7. The number of hydrogen-bond donors (Lipinski definition) is 4. The van der Waals surface area contributed by atoms with Crippen molar-refractivity contribution in [3.8, 4) is 11.5 Å². The van der Waals surface area contributed by atoms with Crippen molar-refractivity contribution in [2.45, 2.75) is 12.4 Å². The van der Waals surface area contributed by atoms with Gasteiger partial charge in [0, 0.05) is 2.74 Å². The number of phenolic OH excluding ortho intramolecular Hbond substituents is 2. The molecule has 1 atom stereocenters. The number of carboxylic acid groups (broad SMARTS) is 1. The normalized spacial score (nSPS) is 18.5. The van der Waals surface area contributed by atoms with Gasteiger partial charge in [0.15, 0.2) is 11.5 Å². The predicted molar refractivity (Wildman–Crippen MR) is 49.1 cm³/mol. The monoisotopic (exact) mass is 202 g/mol. The molecule has 0 amide bonds. The van der Waals surface area contributed by atoms with Gasteiger partial charge in [-0.2, -0.15) is 0 Å². The van der Waals surface area contributed by atoms with Crippen LogP contribution in [0.3, 0.4) is 0 Å². The molecule has 0 aliphatic rings. The Morgan fingerprint density at radius 1 is 1.57 bits per heavy atom. The third-order valence-electron chi connectivity index (χ3n) is 1.34. The minimum Gasteiger partial charge on any atom is -0.504 e. The molecular formula is C9H11NO4. The fourth-order valence-electron chi connectivity index (χ4n) is 0.679. The first kappa shape index (κ1) is 5.21. The van der Waals surface area contributed by atoms with Crippen LogP contribution >= 0.6 is 0 Å². The molecule has 0 saturated heterocycles. The SMILES string of the molecule is [2H]c1c([2H])c(C([2H])([2H])C(N)C(=O)O)c([2H])c(O)c1O. The van der Waals surface area contributed by atoms with Crippen LogP contribution in [0.1, 0.15) is 12.4 Å². The molecule has 1 aromatic carbocycles. The number of carboxylic acids is 1. The topological polar surface area (TPSA) is 104 Å². The van der Waals surface area contributed by atoms with Crippen molar-refractivity contribution in [3.63, 3.8) is 0 Å². The van der Waals surface area contributed by atoms with Gasteiger partial charge in [0.1, 0.15) is 6.04 Å². The molecule has 0 bridgehead atoms. The summed E-state index contributed by atoms with van der Waals surface area (Å²) < 4.78 is 37.5. The summed E-state index contributed by atoms with van der Waals surface area (Å²) in [6.07, 6.45) is -2.86. The summed E-state index contributed by atoms with van der Waals surface area (Å²) in [6, 6.07) is -4.88. The van der Waals surface area contributed by atoms with Crippen molar-refractivity contribution in [2.75, 3.05) is 0 Å². The van der Waals surface area contributed by atoms with Crippen LogP contribution in [0.15, 0.2) is 18.1 Å². The third kappa shape index (κ3) is 2.37. The Bertz CT molecular complexity index is 519. The molecular weight excluding hydrogens is 186 g/mol. The van der Waals surface area contributed by atoms with Crippen LogP contribution in [0.2, 0.25) is 0 Å². The van der Waals surface area contributed by atoms with Crippen LogP contribution in [0.5, 0.6) is 11.5 Å². The summed E-state index contributed by atoms with van der Waals surface area (Å²) in [6.45, 7) is 0. The smallest absolute Gasteiger partial charge is 0.320 e. The van der Waals surface area contributed by atoms with E-state index in [-0.39, 0.29) is 0 Å². The quantitative estimate of drug-likeness (QED) is 0.518. The van der Waals surface area contributed by atoms with Crippen LogP contribution in [0.4, 0.5) is 0 Å². The van der Waals surface area contributed by atoms with Gasteiger partial charge >= 0.3 is 5.97 Å². The molecule has 0 aliphatic carbocycles. The number of rotatable bonds is 3. The lowest BCUT2D eigenvalue weighted by molar-refractivity contribution is -0.138. The van der Waals surface area contributed by atoms with Crippen molar-refractivity contribution in [1.29, 1.82) is 0 Å². The van der Waals surface area contributed by atoms with Crippen molar-refractivity contribution in [1.82, 2.24) is 0 Å². The number of phenols is 2. The van der Waals surface area contributed by atoms with Gasteiger partial charge in [-0.15, -0.1) is 0 Å². The number of carbonyl (C=O) groups is 1. The zero-order valence-electron chi connectivity index (χ0n) is 11.9. The second-order valence-corrected chi connectivity index (χ2v) is 2.41. The average molecular weight is 202 g/mol. The summed E-state index contributed by atoms with van der Waals surface area (Å²) >= 11 is 0. The lowest BCUT2D eigenvalue weighted by Gasteiger charge is -2.06. The largest absolute Gasteiger partial charge is 0.504 e. The van der Waals surface area contributed by atoms with E-state index in [1.807, 2.05) is 0 Å². The zero-order chi connectivity index (χ0) is 15.1. The number of benzene rings is 1. The highest BCUT2D eigenvalue weighted by atomic mass is 16.4. The highest BCUT2D eigenvalue weighted by Gasteiger charge is 2.12. The number of aliphatic carboxylic acids is 1. The maximum Gasteiger partial charge on any atom is 0.320 e. The number of aromatic hydroxyl groups is 2. The Balaban J connectivity index is 3.64. The molecule has 0 aliphatic heterocycles. The first-order valence-electron chi connectivity index (χ1n) is 6.04. The minimum atomic E-state index is -2.86. The van der Waals surface area contributed by atoms with Crippen LogP contribution in [-0.2, 0) is 11.2 Å². The molecule has 76 valence electrons. The van der Waals surface area contributed by atoms with Gasteiger partial charge in [0.05, 0.1) is 4.11 Å². The molecule has 5 heteroatoms. The van der Waals surface area contributed by atoms with Crippen LogP contribution in [0.25, 0.3) is 0 Å². The summed E-state index contributed by atoms with van der Waals surface area (Å²) in [5.41, 5.74) is 4.30. The van der Waals surface area contributed by atoms with Crippen LogP contribution in [0, 0.1) is 0 Å². The lowest BCUT2D eigenvalue weighted by atomic mass is 10.1. The van der Waals surface area contributed by atoms with Crippen LogP contribution in [-0.4, -0.2) is 27.3 Å². The second-order valence-electron chi connectivity index (χ2n) is 2.41. The molecule has 0 saturated carbocycles. The Morgan fingerprint density at radius 3 is 2.79 bits per heavy atom. The molecule has 1 rings (SSSR count). The second kappa shape index (κ2) is 3.97. The van der Waals surface area contributed by atoms with Crippen molar-refractivity contribution in [3.05, 3.63) is 23.7 Å². The highest BCUT2D eigenvalue weighted by molar-refractivity contribution is 5.73.